The number of hydrogen-bond donors (Lipinski definition) is 2. The summed E-state index contributed by atoms with van der Waals surface area (Å²) in [7, 11) is 0. The van der Waals surface area contributed by atoms with Gasteiger partial charge in [-0.25, -0.2) is 9.37 Å². The van der Waals surface area contributed by atoms with Crippen LogP contribution in [-0.2, 0) is 0 Å². The minimum absolute atomic E-state index is 0.369. The van der Waals surface area contributed by atoms with Crippen LogP contribution in [0, 0.1) is 17.1 Å². The molecule has 0 saturated heterocycles. The molecule has 23 heavy (non-hydrogen) atoms. The van der Waals surface area contributed by atoms with E-state index in [1.54, 1.807) is 11.2 Å². The molecule has 3 aromatic rings. The van der Waals surface area contributed by atoms with Crippen LogP contribution in [0.2, 0.25) is 0 Å². The van der Waals surface area contributed by atoms with Gasteiger partial charge < -0.3 is 10.4 Å². The maximum Gasteiger partial charge on any atom is 0.137 e. The van der Waals surface area contributed by atoms with E-state index in [9.17, 15) is 9.65 Å². The Morgan fingerprint density at radius 2 is 2.17 bits per heavy atom. The monoisotopic (exact) mass is 305 g/mol. The lowest BCUT2D eigenvalue weighted by Crippen LogP contribution is -2.30. The highest BCUT2D eigenvalue weighted by molar-refractivity contribution is 5.91. The zero-order chi connectivity index (χ0) is 15.8. The first kappa shape index (κ1) is 13.3. The summed E-state index contributed by atoms with van der Waals surface area (Å²) in [6.45, 7) is 0.530. The standard InChI is InChI=1S/C17H12FN5/c18-13-2-1-11(8-19)16(7-13)23-10-12(9-22-23)14-3-5-20-17-15(14)4-6-21-17/h1-7,9,22H,10H2,(H,20,21). The van der Waals surface area contributed by atoms with Gasteiger partial charge >= 0.3 is 0 Å². The van der Waals surface area contributed by atoms with E-state index in [-0.39, 0.29) is 5.82 Å². The third-order valence-electron chi connectivity index (χ3n) is 3.90. The number of halogens is 1. The van der Waals surface area contributed by atoms with Crippen molar-refractivity contribution >= 4 is 22.3 Å². The summed E-state index contributed by atoms with van der Waals surface area (Å²) >= 11 is 0. The number of fused-ring (bicyclic) bond motifs is 1. The number of rotatable bonds is 2. The van der Waals surface area contributed by atoms with Crippen molar-refractivity contribution in [1.82, 2.24) is 15.4 Å². The molecule has 2 N–H and O–H groups in total. The number of hydrogen-bond acceptors (Lipinski definition) is 4. The number of nitrogens with zero attached hydrogens (tertiary/aromatic N) is 3. The van der Waals surface area contributed by atoms with Crippen LogP contribution in [0.15, 0.2) is 48.9 Å². The van der Waals surface area contributed by atoms with Crippen molar-refractivity contribution in [2.75, 3.05) is 11.6 Å². The molecule has 5 nitrogen and oxygen atoms in total. The summed E-state index contributed by atoms with van der Waals surface area (Å²) in [6.07, 6.45) is 5.47. The number of hydrazine groups is 1. The van der Waals surface area contributed by atoms with Gasteiger partial charge in [-0.15, -0.1) is 0 Å². The highest BCUT2D eigenvalue weighted by Crippen LogP contribution is 2.29. The molecule has 112 valence electrons. The lowest BCUT2D eigenvalue weighted by atomic mass is 10.1. The van der Waals surface area contributed by atoms with Gasteiger partial charge in [0.2, 0.25) is 0 Å². The number of nitrogens with one attached hydrogen (secondary N) is 2. The molecular formula is C17H12FN5. The van der Waals surface area contributed by atoms with Crippen molar-refractivity contribution in [3.05, 3.63) is 65.9 Å². The second kappa shape index (κ2) is 5.14. The largest absolute Gasteiger partial charge is 0.346 e. The van der Waals surface area contributed by atoms with Gasteiger partial charge in [-0.1, -0.05) is 0 Å². The van der Waals surface area contributed by atoms with Crippen LogP contribution in [0.25, 0.3) is 16.6 Å². The number of aromatic nitrogens is 2. The molecule has 0 atom stereocenters. The molecule has 4 rings (SSSR count). The lowest BCUT2D eigenvalue weighted by molar-refractivity contribution is 0.626. The summed E-state index contributed by atoms with van der Waals surface area (Å²) in [5, 5.41) is 12.0. The third-order valence-corrected chi connectivity index (χ3v) is 3.90. The maximum absolute atomic E-state index is 13.5. The molecule has 0 radical (unpaired) electrons. The quantitative estimate of drug-likeness (QED) is 0.764. The molecule has 0 amide bonds. The molecular weight excluding hydrogens is 293 g/mol. The average Bonchev–Trinajstić information content (AvgIpc) is 3.23. The Bertz CT molecular complexity index is 967. The van der Waals surface area contributed by atoms with Crippen LogP contribution >= 0.6 is 0 Å². The van der Waals surface area contributed by atoms with Crippen molar-refractivity contribution < 1.29 is 4.39 Å². The van der Waals surface area contributed by atoms with Gasteiger partial charge in [0.05, 0.1) is 17.8 Å². The number of benzene rings is 1. The number of aromatic amines is 1. The minimum Gasteiger partial charge on any atom is -0.346 e. The lowest BCUT2D eigenvalue weighted by Gasteiger charge is -2.20. The molecule has 1 aromatic carbocycles. The summed E-state index contributed by atoms with van der Waals surface area (Å²) < 4.78 is 13.5. The summed E-state index contributed by atoms with van der Waals surface area (Å²) in [5.41, 5.74) is 6.98. The van der Waals surface area contributed by atoms with Crippen molar-refractivity contribution in [2.24, 2.45) is 0 Å². The van der Waals surface area contributed by atoms with Gasteiger partial charge in [0.25, 0.3) is 0 Å². The van der Waals surface area contributed by atoms with Crippen molar-refractivity contribution in [3.63, 3.8) is 0 Å². The Labute approximate surface area is 131 Å². The fraction of sp³-hybridized carbons (Fsp3) is 0.0588. The van der Waals surface area contributed by atoms with Crippen molar-refractivity contribution in [2.45, 2.75) is 0 Å². The Morgan fingerprint density at radius 3 is 3.04 bits per heavy atom. The molecule has 0 fully saturated rings. The molecule has 1 aliphatic heterocycles. The highest BCUT2D eigenvalue weighted by atomic mass is 19.1. The summed E-state index contributed by atoms with van der Waals surface area (Å²) in [6, 6.07) is 10.2. The van der Waals surface area contributed by atoms with E-state index < -0.39 is 0 Å². The summed E-state index contributed by atoms with van der Waals surface area (Å²) in [4.78, 5) is 7.37. The third kappa shape index (κ3) is 2.19. The Morgan fingerprint density at radius 1 is 1.26 bits per heavy atom. The van der Waals surface area contributed by atoms with Gasteiger partial charge in [-0.05, 0) is 35.4 Å². The Hall–Kier alpha value is -3.33. The fourth-order valence-electron chi connectivity index (χ4n) is 2.80. The second-order valence-corrected chi connectivity index (χ2v) is 5.26. The molecule has 6 heteroatoms. The number of pyridine rings is 1. The molecule has 0 spiro atoms. The topological polar surface area (TPSA) is 67.7 Å². The predicted molar refractivity (Wildman–Crippen MR) is 85.7 cm³/mol. The smallest absolute Gasteiger partial charge is 0.137 e. The van der Waals surface area contributed by atoms with Crippen LogP contribution in [0.3, 0.4) is 0 Å². The maximum atomic E-state index is 13.5. The van der Waals surface area contributed by atoms with Crippen LogP contribution in [-0.4, -0.2) is 16.5 Å². The molecule has 3 heterocycles. The van der Waals surface area contributed by atoms with Crippen LogP contribution < -0.4 is 10.4 Å². The molecule has 1 aliphatic rings. The average molecular weight is 305 g/mol. The van der Waals surface area contributed by atoms with Gasteiger partial charge in [0.1, 0.15) is 17.5 Å². The van der Waals surface area contributed by atoms with E-state index >= 15 is 0 Å². The normalized spacial score (nSPS) is 13.7. The highest BCUT2D eigenvalue weighted by Gasteiger charge is 2.20. The minimum atomic E-state index is -0.369. The number of H-pyrrole nitrogens is 1. The van der Waals surface area contributed by atoms with E-state index in [0.29, 0.717) is 17.8 Å². The first-order valence-electron chi connectivity index (χ1n) is 7.11. The predicted octanol–water partition coefficient (Wildman–Crippen LogP) is 2.94. The number of anilines is 1. The van der Waals surface area contributed by atoms with Crippen molar-refractivity contribution in [3.8, 4) is 6.07 Å². The van der Waals surface area contributed by atoms with Gasteiger partial charge in [-0.2, -0.15) is 5.26 Å². The molecule has 0 aliphatic carbocycles. The van der Waals surface area contributed by atoms with E-state index in [0.717, 1.165) is 22.2 Å². The molecule has 0 unspecified atom stereocenters. The van der Waals surface area contributed by atoms with E-state index in [1.807, 2.05) is 24.5 Å². The Kier molecular flexibility index (Phi) is 2.98. The van der Waals surface area contributed by atoms with Crippen LogP contribution in [0.4, 0.5) is 10.1 Å². The van der Waals surface area contributed by atoms with Crippen LogP contribution in [0.1, 0.15) is 11.1 Å². The van der Waals surface area contributed by atoms with Gasteiger partial charge in [-0.3, -0.25) is 5.01 Å². The zero-order valence-corrected chi connectivity index (χ0v) is 12.0. The van der Waals surface area contributed by atoms with E-state index in [2.05, 4.69) is 21.5 Å². The van der Waals surface area contributed by atoms with Crippen molar-refractivity contribution in [1.29, 1.82) is 5.26 Å². The van der Waals surface area contributed by atoms with Crippen LogP contribution in [0.5, 0.6) is 0 Å². The fourth-order valence-corrected chi connectivity index (χ4v) is 2.80. The first-order chi connectivity index (χ1) is 11.3. The van der Waals surface area contributed by atoms with Gasteiger partial charge in [0, 0.05) is 30.0 Å². The summed E-state index contributed by atoms with van der Waals surface area (Å²) in [5.74, 6) is -0.369. The number of nitriles is 1. The van der Waals surface area contributed by atoms with Gasteiger partial charge in [0.15, 0.2) is 0 Å². The second-order valence-electron chi connectivity index (χ2n) is 5.26. The molecule has 0 bridgehead atoms. The van der Waals surface area contributed by atoms with E-state index in [4.69, 9.17) is 0 Å². The SMILES string of the molecule is N#Cc1ccc(F)cc1N1CC(c2ccnc3[nH]ccc23)=CN1. The van der Waals surface area contributed by atoms with E-state index in [1.165, 1.54) is 18.2 Å². The first-order valence-corrected chi connectivity index (χ1v) is 7.11. The Balaban J connectivity index is 1.69. The molecule has 0 saturated carbocycles. The molecule has 2 aromatic heterocycles. The zero-order valence-electron chi connectivity index (χ0n) is 12.0.